The molecule has 7 N–H and O–H groups in total. The second-order valence-electron chi connectivity index (χ2n) is 8.08. The van der Waals surface area contributed by atoms with Gasteiger partial charge in [0.05, 0.1) is 18.3 Å². The quantitative estimate of drug-likeness (QED) is 0.0838. The number of nitrogens with one attached hydrogen (secondary N) is 2. The number of aliphatic hydroxyl groups excluding tert-OH is 1. The Balaban J connectivity index is 0.00000434. The molecule has 38 heavy (non-hydrogen) atoms. The van der Waals surface area contributed by atoms with Gasteiger partial charge in [-0.3, -0.25) is 4.79 Å². The summed E-state index contributed by atoms with van der Waals surface area (Å²) < 4.78 is 20.3. The molecule has 0 fully saturated rings. The number of benzene rings is 1. The van der Waals surface area contributed by atoms with Crippen molar-refractivity contribution in [2.24, 2.45) is 11.6 Å². The summed E-state index contributed by atoms with van der Waals surface area (Å²) in [4.78, 5) is 12.9. The molecule has 0 saturated carbocycles. The lowest BCUT2D eigenvalue weighted by Crippen LogP contribution is -2.46. The number of nitrogens with two attached hydrogens (primary N) is 2. The first-order valence-electron chi connectivity index (χ1n) is 12.5. The number of rotatable bonds is 18. The number of hydrogen-bond donors (Lipinski definition) is 5. The lowest BCUT2D eigenvalue weighted by molar-refractivity contribution is -0.135. The molecule has 212 valence electrons. The molecule has 0 radical (unpaired) electrons. The van der Waals surface area contributed by atoms with Crippen molar-refractivity contribution in [3.8, 4) is 0 Å². The van der Waals surface area contributed by atoms with E-state index in [0.717, 1.165) is 12.0 Å². The van der Waals surface area contributed by atoms with E-state index in [4.69, 9.17) is 21.4 Å². The van der Waals surface area contributed by atoms with E-state index in [0.29, 0.717) is 37.5 Å². The van der Waals surface area contributed by atoms with Gasteiger partial charge in [0.1, 0.15) is 11.9 Å². The molecule has 1 aromatic rings. The summed E-state index contributed by atoms with van der Waals surface area (Å²) in [6.45, 7) is 13.8. The zero-order valence-electron chi connectivity index (χ0n) is 22.9. The van der Waals surface area contributed by atoms with Crippen molar-refractivity contribution in [3.05, 3.63) is 85.5 Å². The Hall–Kier alpha value is -3.60. The molecular weight excluding hydrogens is 487 g/mol. The van der Waals surface area contributed by atoms with Crippen molar-refractivity contribution >= 4 is 17.8 Å². The molecule has 0 aliphatic heterocycles. The fourth-order valence-electron chi connectivity index (χ4n) is 3.35. The molecule has 1 aromatic carbocycles. The number of halogens is 1. The van der Waals surface area contributed by atoms with Crippen molar-refractivity contribution in [3.63, 3.8) is 0 Å². The Bertz CT molecular complexity index is 907. The molecule has 9 nitrogen and oxygen atoms in total. The number of carbonyl (C=O) groups is 1. The summed E-state index contributed by atoms with van der Waals surface area (Å²) in [6, 6.07) is 4.62. The topological polar surface area (TPSA) is 129 Å². The monoisotopic (exact) mass is 532 g/mol. The van der Waals surface area contributed by atoms with Crippen LogP contribution in [0.1, 0.15) is 20.3 Å². The zero-order chi connectivity index (χ0) is 28.8. The van der Waals surface area contributed by atoms with Crippen molar-refractivity contribution in [1.82, 2.24) is 10.3 Å². The molecule has 0 bridgehead atoms. The van der Waals surface area contributed by atoms with E-state index in [2.05, 4.69) is 23.8 Å². The normalized spacial score (nSPS) is 12.8. The second kappa shape index (κ2) is 21.5. The van der Waals surface area contributed by atoms with E-state index < -0.39 is 6.10 Å². The van der Waals surface area contributed by atoms with Gasteiger partial charge in [0.2, 0.25) is 0 Å². The number of hydrazine groups is 1. The van der Waals surface area contributed by atoms with Gasteiger partial charge in [-0.05, 0) is 51.1 Å². The van der Waals surface area contributed by atoms with Gasteiger partial charge in [0, 0.05) is 44.3 Å². The first-order chi connectivity index (χ1) is 18.3. The van der Waals surface area contributed by atoms with Gasteiger partial charge in [-0.15, -0.1) is 0 Å². The van der Waals surface area contributed by atoms with E-state index in [9.17, 15) is 4.79 Å². The Morgan fingerprint density at radius 2 is 2.00 bits per heavy atom. The summed E-state index contributed by atoms with van der Waals surface area (Å²) in [5.41, 5.74) is 7.51. The molecule has 1 rings (SSSR count). The number of aliphatic hydroxyl groups is 1. The van der Waals surface area contributed by atoms with Gasteiger partial charge in [-0.1, -0.05) is 43.5 Å². The van der Waals surface area contributed by atoms with Crippen LogP contribution < -0.4 is 27.1 Å². The van der Waals surface area contributed by atoms with Crippen LogP contribution in [-0.4, -0.2) is 68.6 Å². The Morgan fingerprint density at radius 1 is 1.29 bits per heavy atom. The number of allylic oxidation sites excluding steroid dienone is 5. The minimum atomic E-state index is -0.581. The molecule has 2 atom stereocenters. The van der Waals surface area contributed by atoms with Crippen LogP contribution in [0.15, 0.2) is 79.7 Å². The number of nitrogens with zero attached hydrogens (tertiary/aromatic N) is 2. The van der Waals surface area contributed by atoms with E-state index in [1.807, 2.05) is 30.2 Å². The molecule has 0 aliphatic rings. The number of ether oxygens (including phenoxy) is 1. The fourth-order valence-corrected chi connectivity index (χ4v) is 3.35. The number of carbonyl (C=O) groups excluding carboxylic acids is 1. The molecule has 10 heteroatoms. The summed E-state index contributed by atoms with van der Waals surface area (Å²) in [7, 11) is 1.86. The maximum absolute atomic E-state index is 15.2. The van der Waals surface area contributed by atoms with Crippen LogP contribution in [0, 0.1) is 5.82 Å². The largest absolute Gasteiger partial charge is 0.460 e. The maximum atomic E-state index is 15.2. The SMILES string of the molecule is C=C/C=C\C(=C/C=C)CCN(CCNC)c1ccc(NCC(OC=O)[C@H](C)N(N)/C=C\N)cc1F.CCO. The molecule has 0 heterocycles. The Morgan fingerprint density at radius 3 is 2.55 bits per heavy atom. The van der Waals surface area contributed by atoms with Crippen LogP contribution in [0.5, 0.6) is 0 Å². The minimum absolute atomic E-state index is 0.236. The third-order valence-electron chi connectivity index (χ3n) is 5.37. The van der Waals surface area contributed by atoms with E-state index >= 15 is 4.39 Å². The van der Waals surface area contributed by atoms with Gasteiger partial charge in [-0.2, -0.15) is 0 Å². The van der Waals surface area contributed by atoms with Crippen LogP contribution in [0.25, 0.3) is 0 Å². The molecule has 0 saturated heterocycles. The lowest BCUT2D eigenvalue weighted by atomic mass is 10.1. The molecule has 0 aliphatic carbocycles. The standard InChI is InChI=1S/C26H39FN6O2.C2H6O/c1-5-7-9-22(8-6-2)12-15-32(17-14-30-4)25-11-10-23(18-24(25)27)31-19-26(35-20-34)21(3)33(29)16-13-28;1-2-3/h5-11,13,16,18,20-21,26,30-31H,1-2,12,14-15,17,19,28-29H2,3-4H3;3H,2H2,1H3/b9-7-,16-13-,22-8+;/t21-,26?;/m0./s1. The third-order valence-corrected chi connectivity index (χ3v) is 5.37. The minimum Gasteiger partial charge on any atom is -0.460 e. The average Bonchev–Trinajstić information content (AvgIpc) is 2.90. The highest BCUT2D eigenvalue weighted by molar-refractivity contribution is 5.56. The molecule has 0 spiro atoms. The predicted molar refractivity (Wildman–Crippen MR) is 156 cm³/mol. The van der Waals surface area contributed by atoms with E-state index in [1.54, 1.807) is 38.1 Å². The van der Waals surface area contributed by atoms with E-state index in [1.165, 1.54) is 23.5 Å². The van der Waals surface area contributed by atoms with Crippen LogP contribution in [0.3, 0.4) is 0 Å². The maximum Gasteiger partial charge on any atom is 0.293 e. The van der Waals surface area contributed by atoms with Crippen LogP contribution >= 0.6 is 0 Å². The molecule has 0 amide bonds. The summed E-state index contributed by atoms with van der Waals surface area (Å²) in [5.74, 6) is 5.54. The van der Waals surface area contributed by atoms with Crippen LogP contribution in [-0.2, 0) is 9.53 Å². The highest BCUT2D eigenvalue weighted by Gasteiger charge is 2.22. The van der Waals surface area contributed by atoms with Crippen molar-refractivity contribution in [1.29, 1.82) is 0 Å². The van der Waals surface area contributed by atoms with Crippen molar-refractivity contribution in [2.45, 2.75) is 32.4 Å². The predicted octanol–water partition coefficient (Wildman–Crippen LogP) is 3.04. The first kappa shape index (κ1) is 34.4. The Labute approximate surface area is 227 Å². The first-order valence-corrected chi connectivity index (χ1v) is 12.5. The smallest absolute Gasteiger partial charge is 0.293 e. The van der Waals surface area contributed by atoms with Crippen LogP contribution in [0.4, 0.5) is 15.8 Å². The van der Waals surface area contributed by atoms with Gasteiger partial charge >= 0.3 is 0 Å². The number of likely N-dealkylation sites (N-methyl/N-ethyl adjacent to an activating group) is 1. The summed E-state index contributed by atoms with van der Waals surface area (Å²) in [5, 5.41) is 15.1. The summed E-state index contributed by atoms with van der Waals surface area (Å²) in [6.07, 6.45) is 12.1. The van der Waals surface area contributed by atoms with Crippen molar-refractivity contribution < 1.29 is 19.0 Å². The number of hydrogen-bond acceptors (Lipinski definition) is 9. The van der Waals surface area contributed by atoms with E-state index in [-0.39, 0.29) is 25.0 Å². The van der Waals surface area contributed by atoms with Gasteiger partial charge < -0.3 is 36.1 Å². The Kier molecular flexibility index (Phi) is 19.4. The van der Waals surface area contributed by atoms with Gasteiger partial charge in [0.15, 0.2) is 0 Å². The average molecular weight is 533 g/mol. The highest BCUT2D eigenvalue weighted by Crippen LogP contribution is 2.24. The van der Waals surface area contributed by atoms with Crippen LogP contribution in [0.2, 0.25) is 0 Å². The number of anilines is 2. The third kappa shape index (κ3) is 13.6. The van der Waals surface area contributed by atoms with Gasteiger partial charge in [0.25, 0.3) is 6.47 Å². The molecule has 0 aromatic heterocycles. The summed E-state index contributed by atoms with van der Waals surface area (Å²) >= 11 is 0. The molecular formula is C28H45FN6O3. The fraction of sp³-hybridized carbons (Fsp3) is 0.393. The molecule has 1 unspecified atom stereocenters. The van der Waals surface area contributed by atoms with Gasteiger partial charge in [-0.25, -0.2) is 10.2 Å². The zero-order valence-corrected chi connectivity index (χ0v) is 22.9. The highest BCUT2D eigenvalue weighted by atomic mass is 19.1. The lowest BCUT2D eigenvalue weighted by Gasteiger charge is -2.29. The van der Waals surface area contributed by atoms with Crippen molar-refractivity contribution in [2.75, 3.05) is 50.1 Å². The second-order valence-corrected chi connectivity index (χ2v) is 8.08.